The Labute approximate surface area is 87.3 Å². The number of hydrogen-bond donors (Lipinski definition) is 2. The van der Waals surface area contributed by atoms with E-state index in [4.69, 9.17) is 16.7 Å². The summed E-state index contributed by atoms with van der Waals surface area (Å²) in [5.74, 6) is 1.21. The van der Waals surface area contributed by atoms with Gasteiger partial charge in [0.2, 0.25) is 0 Å². The minimum atomic E-state index is -0.109. The maximum Gasteiger partial charge on any atom is 0.148 e. The monoisotopic (exact) mass is 213 g/mol. The summed E-state index contributed by atoms with van der Waals surface area (Å²) in [5, 5.41) is 12.8. The van der Waals surface area contributed by atoms with Crippen LogP contribution in [0.5, 0.6) is 0 Å². The quantitative estimate of drug-likeness (QED) is 0.795. The number of hydrogen-bond acceptors (Lipinski definition) is 4. The number of nitrogens with zero attached hydrogens (tertiary/aromatic N) is 2. The minimum Gasteiger partial charge on any atom is -0.393 e. The molecule has 1 aromatic heterocycles. The van der Waals surface area contributed by atoms with E-state index in [2.05, 4.69) is 15.3 Å². The van der Waals surface area contributed by atoms with Gasteiger partial charge < -0.3 is 10.4 Å². The molecule has 1 saturated carbocycles. The Bertz CT molecular complexity index is 315. The van der Waals surface area contributed by atoms with Crippen molar-refractivity contribution in [2.75, 3.05) is 11.9 Å². The molecular formula is C9H12ClN3O. The molecule has 5 heteroatoms. The molecule has 4 nitrogen and oxygen atoms in total. The van der Waals surface area contributed by atoms with E-state index >= 15 is 0 Å². The van der Waals surface area contributed by atoms with Crippen molar-refractivity contribution in [1.29, 1.82) is 0 Å². The van der Waals surface area contributed by atoms with Crippen LogP contribution in [0.3, 0.4) is 0 Å². The largest absolute Gasteiger partial charge is 0.393 e. The molecule has 0 amide bonds. The van der Waals surface area contributed by atoms with Gasteiger partial charge in [-0.3, -0.25) is 0 Å². The molecule has 0 radical (unpaired) electrons. The zero-order chi connectivity index (χ0) is 9.97. The predicted molar refractivity (Wildman–Crippen MR) is 54.3 cm³/mol. The van der Waals surface area contributed by atoms with Gasteiger partial charge in [-0.25, -0.2) is 9.97 Å². The summed E-state index contributed by atoms with van der Waals surface area (Å²) in [6.07, 6.45) is 4.66. The molecule has 0 bridgehead atoms. The van der Waals surface area contributed by atoms with Crippen molar-refractivity contribution in [2.24, 2.45) is 5.92 Å². The second kappa shape index (κ2) is 4.11. The fourth-order valence-electron chi connectivity index (χ4n) is 1.55. The minimum absolute atomic E-state index is 0.109. The molecule has 0 aliphatic heterocycles. The first-order chi connectivity index (χ1) is 6.75. The predicted octanol–water partition coefficient (Wildman–Crippen LogP) is 1.31. The number of aliphatic hydroxyl groups excluding tert-OH is 1. The maximum absolute atomic E-state index is 9.09. The molecule has 0 aromatic carbocycles. The highest BCUT2D eigenvalue weighted by Gasteiger charge is 2.26. The van der Waals surface area contributed by atoms with E-state index < -0.39 is 0 Å². The smallest absolute Gasteiger partial charge is 0.148 e. The molecule has 1 aliphatic rings. The van der Waals surface area contributed by atoms with Crippen LogP contribution in [0, 0.1) is 5.92 Å². The van der Waals surface area contributed by atoms with E-state index in [9.17, 15) is 0 Å². The molecule has 0 spiro atoms. The lowest BCUT2D eigenvalue weighted by molar-refractivity contribution is 0.0486. The Morgan fingerprint density at radius 1 is 1.57 bits per heavy atom. The van der Waals surface area contributed by atoms with Crippen LogP contribution < -0.4 is 5.32 Å². The summed E-state index contributed by atoms with van der Waals surface area (Å²) < 4.78 is 0. The number of nitrogens with one attached hydrogen (secondary N) is 1. The third-order valence-corrected chi connectivity index (χ3v) is 2.71. The SMILES string of the molecule is OC1CC(CNc2ncncc2Cl)C1. The molecule has 1 fully saturated rings. The molecule has 2 N–H and O–H groups in total. The Balaban J connectivity index is 1.83. The average Bonchev–Trinajstić information content (AvgIpc) is 2.13. The van der Waals surface area contributed by atoms with Crippen molar-refractivity contribution in [2.45, 2.75) is 18.9 Å². The summed E-state index contributed by atoms with van der Waals surface area (Å²) in [6.45, 7) is 0.813. The molecular weight excluding hydrogens is 202 g/mol. The lowest BCUT2D eigenvalue weighted by Crippen LogP contribution is -2.33. The van der Waals surface area contributed by atoms with Crippen LogP contribution >= 0.6 is 11.6 Å². The van der Waals surface area contributed by atoms with Crippen LogP contribution in [0.1, 0.15) is 12.8 Å². The molecule has 0 atom stereocenters. The second-order valence-electron chi connectivity index (χ2n) is 3.59. The van der Waals surface area contributed by atoms with Gasteiger partial charge in [0.25, 0.3) is 0 Å². The van der Waals surface area contributed by atoms with E-state index in [1.807, 2.05) is 0 Å². The van der Waals surface area contributed by atoms with Gasteiger partial charge in [0.15, 0.2) is 0 Å². The molecule has 0 unspecified atom stereocenters. The summed E-state index contributed by atoms with van der Waals surface area (Å²) >= 11 is 5.86. The van der Waals surface area contributed by atoms with E-state index in [0.29, 0.717) is 16.8 Å². The second-order valence-corrected chi connectivity index (χ2v) is 4.00. The van der Waals surface area contributed by atoms with Crippen LogP contribution in [0.4, 0.5) is 5.82 Å². The van der Waals surface area contributed by atoms with Crippen LogP contribution in [0.15, 0.2) is 12.5 Å². The Hall–Kier alpha value is -0.870. The van der Waals surface area contributed by atoms with Crippen molar-refractivity contribution >= 4 is 17.4 Å². The van der Waals surface area contributed by atoms with Gasteiger partial charge in [0, 0.05) is 6.54 Å². The van der Waals surface area contributed by atoms with Gasteiger partial charge in [0.1, 0.15) is 17.2 Å². The topological polar surface area (TPSA) is 58.0 Å². The van der Waals surface area contributed by atoms with Gasteiger partial charge in [-0.1, -0.05) is 11.6 Å². The molecule has 1 aromatic rings. The maximum atomic E-state index is 9.09. The van der Waals surface area contributed by atoms with Crippen LogP contribution in [-0.4, -0.2) is 27.7 Å². The molecule has 0 saturated heterocycles. The lowest BCUT2D eigenvalue weighted by Gasteiger charge is -2.31. The van der Waals surface area contributed by atoms with Crippen molar-refractivity contribution in [3.63, 3.8) is 0 Å². The number of aliphatic hydroxyl groups is 1. The van der Waals surface area contributed by atoms with E-state index in [1.165, 1.54) is 6.33 Å². The lowest BCUT2D eigenvalue weighted by atomic mass is 9.82. The van der Waals surface area contributed by atoms with Gasteiger partial charge in [0.05, 0.1) is 12.3 Å². The van der Waals surface area contributed by atoms with Crippen LogP contribution in [0.25, 0.3) is 0 Å². The van der Waals surface area contributed by atoms with Crippen molar-refractivity contribution in [3.05, 3.63) is 17.5 Å². The fraction of sp³-hybridized carbons (Fsp3) is 0.556. The summed E-state index contributed by atoms with van der Waals surface area (Å²) in [7, 11) is 0. The zero-order valence-electron chi connectivity index (χ0n) is 7.65. The standard InChI is InChI=1S/C9H12ClN3O/c10-8-4-11-5-13-9(8)12-3-6-1-7(14)2-6/h4-7,14H,1-3H2,(H,11,12,13). The van der Waals surface area contributed by atoms with Gasteiger partial charge in [-0.15, -0.1) is 0 Å². The highest BCUT2D eigenvalue weighted by Crippen LogP contribution is 2.27. The van der Waals surface area contributed by atoms with Gasteiger partial charge >= 0.3 is 0 Å². The third kappa shape index (κ3) is 2.13. The van der Waals surface area contributed by atoms with Crippen molar-refractivity contribution in [1.82, 2.24) is 9.97 Å². The molecule has 1 heterocycles. The molecule has 2 rings (SSSR count). The summed E-state index contributed by atoms with van der Waals surface area (Å²) in [6, 6.07) is 0. The number of rotatable bonds is 3. The number of halogens is 1. The first-order valence-corrected chi connectivity index (χ1v) is 5.01. The summed E-state index contributed by atoms with van der Waals surface area (Å²) in [5.41, 5.74) is 0. The first kappa shape index (κ1) is 9.68. The third-order valence-electron chi connectivity index (χ3n) is 2.44. The molecule has 1 aliphatic carbocycles. The van der Waals surface area contributed by atoms with E-state index in [1.54, 1.807) is 6.20 Å². The Morgan fingerprint density at radius 3 is 3.00 bits per heavy atom. The molecule has 14 heavy (non-hydrogen) atoms. The fourth-order valence-corrected chi connectivity index (χ4v) is 1.72. The Morgan fingerprint density at radius 2 is 2.36 bits per heavy atom. The highest BCUT2D eigenvalue weighted by atomic mass is 35.5. The van der Waals surface area contributed by atoms with Crippen molar-refractivity contribution < 1.29 is 5.11 Å². The van der Waals surface area contributed by atoms with Gasteiger partial charge in [-0.05, 0) is 18.8 Å². The van der Waals surface area contributed by atoms with Crippen LogP contribution in [0.2, 0.25) is 5.02 Å². The molecule has 76 valence electrons. The number of aromatic nitrogens is 2. The normalized spacial score (nSPS) is 25.6. The highest BCUT2D eigenvalue weighted by molar-refractivity contribution is 6.32. The van der Waals surface area contributed by atoms with Crippen molar-refractivity contribution in [3.8, 4) is 0 Å². The number of anilines is 1. The van der Waals surface area contributed by atoms with E-state index in [0.717, 1.165) is 19.4 Å². The Kier molecular flexibility index (Phi) is 2.84. The van der Waals surface area contributed by atoms with Gasteiger partial charge in [-0.2, -0.15) is 0 Å². The van der Waals surface area contributed by atoms with E-state index in [-0.39, 0.29) is 6.10 Å². The summed E-state index contributed by atoms with van der Waals surface area (Å²) in [4.78, 5) is 7.81. The zero-order valence-corrected chi connectivity index (χ0v) is 8.41. The van der Waals surface area contributed by atoms with Crippen LogP contribution in [-0.2, 0) is 0 Å². The average molecular weight is 214 g/mol. The first-order valence-electron chi connectivity index (χ1n) is 4.63.